The summed E-state index contributed by atoms with van der Waals surface area (Å²) in [6.07, 6.45) is 0. The molecule has 0 fully saturated rings. The Hall–Kier alpha value is 1.00. The van der Waals surface area contributed by atoms with Crippen molar-refractivity contribution in [2.24, 2.45) is 0 Å². The summed E-state index contributed by atoms with van der Waals surface area (Å²) in [5, 5.41) is 8.89. The van der Waals surface area contributed by atoms with Crippen molar-refractivity contribution in [1.82, 2.24) is 0 Å². The first kappa shape index (κ1) is 24.5. The molecule has 0 saturated heterocycles. The SMILES string of the molecule is CC(=O)[O-].[Cu+].[Cu+].[Ni+2]. The Balaban J connectivity index is -0.0000000150. The van der Waals surface area contributed by atoms with Crippen LogP contribution in [0.15, 0.2) is 0 Å². The van der Waals surface area contributed by atoms with Gasteiger partial charge in [-0.2, -0.15) is 0 Å². The van der Waals surface area contributed by atoms with Crippen molar-refractivity contribution in [2.75, 3.05) is 0 Å². The molecule has 0 atom stereocenters. The van der Waals surface area contributed by atoms with Gasteiger partial charge in [0.25, 0.3) is 0 Å². The number of carboxylic acid groups (broad SMARTS) is 1. The summed E-state index contributed by atoms with van der Waals surface area (Å²) in [4.78, 5) is 8.89. The zero-order chi connectivity index (χ0) is 3.58. The summed E-state index contributed by atoms with van der Waals surface area (Å²) in [6.45, 7) is 0.972. The van der Waals surface area contributed by atoms with E-state index in [1.807, 2.05) is 0 Å². The molecule has 0 aromatic rings. The number of rotatable bonds is 0. The summed E-state index contributed by atoms with van der Waals surface area (Å²) in [7, 11) is 0. The number of hydrogen-bond acceptors (Lipinski definition) is 2. The first-order chi connectivity index (χ1) is 1.73. The van der Waals surface area contributed by atoms with E-state index in [0.29, 0.717) is 0 Å². The summed E-state index contributed by atoms with van der Waals surface area (Å²) < 4.78 is 0. The van der Waals surface area contributed by atoms with E-state index in [4.69, 9.17) is 9.90 Å². The minimum absolute atomic E-state index is 0. The quantitative estimate of drug-likeness (QED) is 0.500. The minimum atomic E-state index is -1.08. The summed E-state index contributed by atoms with van der Waals surface area (Å²) in [6, 6.07) is 0. The Labute approximate surface area is 73.3 Å². The van der Waals surface area contributed by atoms with E-state index in [0.717, 1.165) is 6.92 Å². The van der Waals surface area contributed by atoms with E-state index < -0.39 is 5.97 Å². The van der Waals surface area contributed by atoms with Crippen molar-refractivity contribution in [3.8, 4) is 0 Å². The third-order valence-electron chi connectivity index (χ3n) is 0. The van der Waals surface area contributed by atoms with Gasteiger partial charge in [-0.1, -0.05) is 0 Å². The molecule has 0 aliphatic rings. The van der Waals surface area contributed by atoms with Crippen LogP contribution < -0.4 is 5.11 Å². The van der Waals surface area contributed by atoms with E-state index in [1.54, 1.807) is 0 Å². The van der Waals surface area contributed by atoms with Gasteiger partial charge < -0.3 is 9.90 Å². The Morgan fingerprint density at radius 1 is 1.43 bits per heavy atom. The van der Waals surface area contributed by atoms with Gasteiger partial charge in [-0.25, -0.2) is 0 Å². The molecule has 52 valence electrons. The predicted molar refractivity (Wildman–Crippen MR) is 10.7 cm³/mol. The number of carboxylic acids is 1. The Morgan fingerprint density at radius 3 is 1.43 bits per heavy atom. The van der Waals surface area contributed by atoms with Crippen LogP contribution in [0.4, 0.5) is 0 Å². The van der Waals surface area contributed by atoms with Crippen molar-refractivity contribution in [3.63, 3.8) is 0 Å². The van der Waals surface area contributed by atoms with Crippen LogP contribution in [-0.2, 0) is 55.4 Å². The van der Waals surface area contributed by atoms with E-state index in [-0.39, 0.29) is 50.6 Å². The summed E-state index contributed by atoms with van der Waals surface area (Å²) >= 11 is 0. The zero-order valence-electron chi connectivity index (χ0n) is 3.24. The molecule has 0 aromatic heterocycles. The third-order valence-corrected chi connectivity index (χ3v) is 0. The van der Waals surface area contributed by atoms with Crippen LogP contribution in [0.2, 0.25) is 0 Å². The maximum Gasteiger partial charge on any atom is 2.00 e. The molecule has 5 heteroatoms. The van der Waals surface area contributed by atoms with Gasteiger partial charge in [0.1, 0.15) is 0 Å². The first-order valence-corrected chi connectivity index (χ1v) is 0.908. The Bertz CT molecular complexity index is 36.7. The van der Waals surface area contributed by atoms with E-state index in [2.05, 4.69) is 0 Å². The van der Waals surface area contributed by atoms with Gasteiger partial charge >= 0.3 is 50.6 Å². The van der Waals surface area contributed by atoms with E-state index in [1.165, 1.54) is 0 Å². The van der Waals surface area contributed by atoms with Crippen LogP contribution in [0.1, 0.15) is 6.92 Å². The number of carbonyl (C=O) groups is 1. The van der Waals surface area contributed by atoms with Gasteiger partial charge in [-0.05, 0) is 6.92 Å². The van der Waals surface area contributed by atoms with Crippen molar-refractivity contribution in [1.29, 1.82) is 0 Å². The fourth-order valence-corrected chi connectivity index (χ4v) is 0. The van der Waals surface area contributed by atoms with Crippen LogP contribution in [-0.4, -0.2) is 5.97 Å². The number of hydrogen-bond donors (Lipinski definition) is 0. The molecular formula is C2H3Cu2NiO2+3. The van der Waals surface area contributed by atoms with Gasteiger partial charge in [0.05, 0.1) is 0 Å². The van der Waals surface area contributed by atoms with E-state index >= 15 is 0 Å². The molecule has 0 aliphatic carbocycles. The fraction of sp³-hybridized carbons (Fsp3) is 0.500. The maximum absolute atomic E-state index is 8.89. The number of carbonyl (C=O) groups excluding carboxylic acids is 1. The van der Waals surface area contributed by atoms with Crippen LogP contribution in [0.3, 0.4) is 0 Å². The van der Waals surface area contributed by atoms with Crippen LogP contribution >= 0.6 is 0 Å². The Kier molecular flexibility index (Phi) is 55.1. The molecule has 0 spiro atoms. The van der Waals surface area contributed by atoms with Crippen molar-refractivity contribution in [3.05, 3.63) is 0 Å². The van der Waals surface area contributed by atoms with Crippen LogP contribution in [0.5, 0.6) is 0 Å². The van der Waals surface area contributed by atoms with E-state index in [9.17, 15) is 0 Å². The van der Waals surface area contributed by atoms with Gasteiger partial charge in [0.2, 0.25) is 0 Å². The molecule has 0 saturated carbocycles. The molecule has 0 radical (unpaired) electrons. The Morgan fingerprint density at radius 2 is 1.43 bits per heavy atom. The van der Waals surface area contributed by atoms with Crippen molar-refractivity contribution < 1.29 is 60.5 Å². The van der Waals surface area contributed by atoms with Crippen molar-refractivity contribution in [2.45, 2.75) is 6.92 Å². The summed E-state index contributed by atoms with van der Waals surface area (Å²) in [5.41, 5.74) is 0. The topological polar surface area (TPSA) is 40.1 Å². The largest absolute Gasteiger partial charge is 2.00 e. The number of aliphatic carboxylic acids is 1. The van der Waals surface area contributed by atoms with Crippen molar-refractivity contribution >= 4 is 5.97 Å². The second-order valence-corrected chi connectivity index (χ2v) is 0.492. The second kappa shape index (κ2) is 15.7. The van der Waals surface area contributed by atoms with Crippen LogP contribution in [0, 0.1) is 0 Å². The molecule has 0 aromatic carbocycles. The normalized spacial score (nSPS) is 3.57. The monoisotopic (exact) mass is 243 g/mol. The second-order valence-electron chi connectivity index (χ2n) is 0.492. The predicted octanol–water partition coefficient (Wildman–Crippen LogP) is -1.25. The molecule has 0 unspecified atom stereocenters. The zero-order valence-corrected chi connectivity index (χ0v) is 6.11. The molecule has 7 heavy (non-hydrogen) atoms. The first-order valence-electron chi connectivity index (χ1n) is 0.908. The van der Waals surface area contributed by atoms with Crippen LogP contribution in [0.25, 0.3) is 0 Å². The molecule has 2 nitrogen and oxygen atoms in total. The molecule has 0 aliphatic heterocycles. The van der Waals surface area contributed by atoms with Gasteiger partial charge in [-0.3, -0.25) is 0 Å². The molecule has 0 N–H and O–H groups in total. The fourth-order valence-electron chi connectivity index (χ4n) is 0. The van der Waals surface area contributed by atoms with Gasteiger partial charge in [0.15, 0.2) is 0 Å². The molecule has 0 bridgehead atoms. The smallest absolute Gasteiger partial charge is 0.550 e. The van der Waals surface area contributed by atoms with Gasteiger partial charge in [-0.15, -0.1) is 0 Å². The third kappa shape index (κ3) is 174. The average molecular weight is 245 g/mol. The average Bonchev–Trinajstić information content (AvgIpc) is 0.811. The standard InChI is InChI=1S/C2H4O2.2Cu.Ni/c1-2(3)4;;;/h1H3,(H,3,4);;;/q;2*+1;+2/p-1. The summed E-state index contributed by atoms with van der Waals surface area (Å²) in [5.74, 6) is -1.08. The minimum Gasteiger partial charge on any atom is -0.550 e. The maximum atomic E-state index is 8.89. The molecular weight excluding hydrogens is 242 g/mol. The molecule has 0 rings (SSSR count). The van der Waals surface area contributed by atoms with Gasteiger partial charge in [0, 0.05) is 5.97 Å². The molecule has 0 heterocycles. The molecule has 0 amide bonds.